The SMILES string of the molecule is Cn1c(C(OC(=O)c2ccccc2)c2ccccc2)nc2ccccc21. The fraction of sp³-hybridized carbons (Fsp3) is 0.0909. The summed E-state index contributed by atoms with van der Waals surface area (Å²) in [4.78, 5) is 17.4. The largest absolute Gasteiger partial charge is 0.446 e. The smallest absolute Gasteiger partial charge is 0.339 e. The Morgan fingerprint density at radius 3 is 2.19 bits per heavy atom. The third kappa shape index (κ3) is 2.97. The molecule has 26 heavy (non-hydrogen) atoms. The zero-order chi connectivity index (χ0) is 17.9. The number of benzene rings is 3. The molecule has 0 amide bonds. The van der Waals surface area contributed by atoms with Crippen LogP contribution in [0.3, 0.4) is 0 Å². The summed E-state index contributed by atoms with van der Waals surface area (Å²) in [6.45, 7) is 0. The van der Waals surface area contributed by atoms with Gasteiger partial charge in [0.05, 0.1) is 16.6 Å². The average molecular weight is 342 g/mol. The minimum absolute atomic E-state index is 0.369. The van der Waals surface area contributed by atoms with Gasteiger partial charge in [-0.15, -0.1) is 0 Å². The first-order valence-electron chi connectivity index (χ1n) is 8.46. The van der Waals surface area contributed by atoms with Crippen molar-refractivity contribution in [1.29, 1.82) is 0 Å². The summed E-state index contributed by atoms with van der Waals surface area (Å²) in [6.07, 6.45) is -0.582. The molecule has 0 fully saturated rings. The molecule has 0 aliphatic heterocycles. The van der Waals surface area contributed by atoms with Gasteiger partial charge >= 0.3 is 5.97 Å². The van der Waals surface area contributed by atoms with E-state index in [-0.39, 0.29) is 5.97 Å². The molecule has 1 atom stereocenters. The number of fused-ring (bicyclic) bond motifs is 1. The van der Waals surface area contributed by atoms with Gasteiger partial charge in [0.25, 0.3) is 0 Å². The Labute approximate surface area is 151 Å². The van der Waals surface area contributed by atoms with Gasteiger partial charge in [0, 0.05) is 12.6 Å². The van der Waals surface area contributed by atoms with Gasteiger partial charge in [-0.05, 0) is 24.3 Å². The molecule has 0 N–H and O–H groups in total. The standard InChI is InChI=1S/C22H18N2O2/c1-24-19-15-9-8-14-18(19)23-21(24)20(16-10-4-2-5-11-16)26-22(25)17-12-6-3-7-13-17/h2-15,20H,1H3. The van der Waals surface area contributed by atoms with Gasteiger partial charge in [-0.1, -0.05) is 60.7 Å². The molecule has 1 heterocycles. The summed E-state index contributed by atoms with van der Waals surface area (Å²) >= 11 is 0. The second-order valence-electron chi connectivity index (χ2n) is 6.08. The Balaban J connectivity index is 1.78. The molecule has 0 aliphatic carbocycles. The fourth-order valence-corrected chi connectivity index (χ4v) is 3.05. The number of para-hydroxylation sites is 2. The van der Waals surface area contributed by atoms with Crippen LogP contribution in [0.15, 0.2) is 84.9 Å². The van der Waals surface area contributed by atoms with Gasteiger partial charge in [0.2, 0.25) is 0 Å². The minimum Gasteiger partial charge on any atom is -0.446 e. The lowest BCUT2D eigenvalue weighted by molar-refractivity contribution is 0.0358. The Kier molecular flexibility index (Phi) is 4.23. The number of hydrogen-bond donors (Lipinski definition) is 0. The summed E-state index contributed by atoms with van der Waals surface area (Å²) in [5, 5.41) is 0. The maximum absolute atomic E-state index is 12.7. The van der Waals surface area contributed by atoms with Crippen LogP contribution in [0.5, 0.6) is 0 Å². The highest BCUT2D eigenvalue weighted by Gasteiger charge is 2.25. The predicted octanol–water partition coefficient (Wildman–Crippen LogP) is 4.52. The maximum atomic E-state index is 12.7. The number of nitrogens with zero attached hydrogens (tertiary/aromatic N) is 2. The molecule has 4 heteroatoms. The molecule has 0 spiro atoms. The van der Waals surface area contributed by atoms with E-state index in [0.717, 1.165) is 16.6 Å². The van der Waals surface area contributed by atoms with Crippen molar-refractivity contribution < 1.29 is 9.53 Å². The first-order valence-corrected chi connectivity index (χ1v) is 8.46. The van der Waals surface area contributed by atoms with Crippen LogP contribution in [-0.4, -0.2) is 15.5 Å². The summed E-state index contributed by atoms with van der Waals surface area (Å²) in [5.74, 6) is 0.327. The summed E-state index contributed by atoms with van der Waals surface area (Å²) in [6, 6.07) is 26.6. The zero-order valence-electron chi connectivity index (χ0n) is 14.4. The molecule has 4 nitrogen and oxygen atoms in total. The summed E-state index contributed by atoms with van der Waals surface area (Å²) in [7, 11) is 1.94. The van der Waals surface area contributed by atoms with Crippen molar-refractivity contribution in [3.05, 3.63) is 102 Å². The Morgan fingerprint density at radius 2 is 1.50 bits per heavy atom. The molecule has 0 bridgehead atoms. The molecular formula is C22H18N2O2. The summed E-state index contributed by atoms with van der Waals surface area (Å²) < 4.78 is 7.87. The summed E-state index contributed by atoms with van der Waals surface area (Å²) in [5.41, 5.74) is 3.28. The van der Waals surface area contributed by atoms with Gasteiger partial charge in [0.1, 0.15) is 0 Å². The second kappa shape index (κ2) is 6.84. The highest BCUT2D eigenvalue weighted by molar-refractivity contribution is 5.89. The number of carbonyl (C=O) groups excluding carboxylic acids is 1. The predicted molar refractivity (Wildman–Crippen MR) is 101 cm³/mol. The van der Waals surface area contributed by atoms with E-state index in [0.29, 0.717) is 11.4 Å². The van der Waals surface area contributed by atoms with Crippen LogP contribution >= 0.6 is 0 Å². The van der Waals surface area contributed by atoms with E-state index in [2.05, 4.69) is 0 Å². The topological polar surface area (TPSA) is 44.1 Å². The highest BCUT2D eigenvalue weighted by atomic mass is 16.5. The van der Waals surface area contributed by atoms with E-state index in [9.17, 15) is 4.79 Å². The van der Waals surface area contributed by atoms with Gasteiger partial charge < -0.3 is 9.30 Å². The van der Waals surface area contributed by atoms with Crippen molar-refractivity contribution in [2.45, 2.75) is 6.10 Å². The van der Waals surface area contributed by atoms with Crippen LogP contribution in [0.25, 0.3) is 11.0 Å². The van der Waals surface area contributed by atoms with Crippen LogP contribution < -0.4 is 0 Å². The van der Waals surface area contributed by atoms with Crippen LogP contribution in [-0.2, 0) is 11.8 Å². The molecule has 0 saturated heterocycles. The Morgan fingerprint density at radius 1 is 0.885 bits per heavy atom. The number of esters is 1. The van der Waals surface area contributed by atoms with Gasteiger partial charge in [-0.25, -0.2) is 9.78 Å². The number of ether oxygens (including phenoxy) is 1. The van der Waals surface area contributed by atoms with Crippen LogP contribution in [0.4, 0.5) is 0 Å². The molecule has 0 aliphatic rings. The van der Waals surface area contributed by atoms with Crippen molar-refractivity contribution in [3.8, 4) is 0 Å². The lowest BCUT2D eigenvalue weighted by Crippen LogP contribution is -2.16. The van der Waals surface area contributed by atoms with Gasteiger partial charge in [-0.3, -0.25) is 0 Å². The van der Waals surface area contributed by atoms with Gasteiger partial charge in [-0.2, -0.15) is 0 Å². The molecule has 0 saturated carbocycles. The number of hydrogen-bond acceptors (Lipinski definition) is 3. The number of rotatable bonds is 4. The van der Waals surface area contributed by atoms with Crippen molar-refractivity contribution in [3.63, 3.8) is 0 Å². The second-order valence-corrected chi connectivity index (χ2v) is 6.08. The van der Waals surface area contributed by atoms with Crippen molar-refractivity contribution in [2.75, 3.05) is 0 Å². The van der Waals surface area contributed by atoms with Crippen molar-refractivity contribution in [2.24, 2.45) is 7.05 Å². The molecule has 4 aromatic rings. The molecule has 128 valence electrons. The first-order chi connectivity index (χ1) is 12.7. The molecule has 1 aromatic heterocycles. The molecule has 0 radical (unpaired) electrons. The monoisotopic (exact) mass is 342 g/mol. The normalized spacial score (nSPS) is 12.0. The molecular weight excluding hydrogens is 324 g/mol. The lowest BCUT2D eigenvalue weighted by atomic mass is 10.1. The average Bonchev–Trinajstić information content (AvgIpc) is 3.04. The Bertz CT molecular complexity index is 1040. The number of imidazole rings is 1. The Hall–Kier alpha value is -3.40. The third-order valence-corrected chi connectivity index (χ3v) is 4.39. The van der Waals surface area contributed by atoms with Crippen LogP contribution in [0, 0.1) is 0 Å². The van der Waals surface area contributed by atoms with E-state index >= 15 is 0 Å². The van der Waals surface area contributed by atoms with Crippen LogP contribution in [0.2, 0.25) is 0 Å². The number of aromatic nitrogens is 2. The van der Waals surface area contributed by atoms with Crippen LogP contribution in [0.1, 0.15) is 27.8 Å². The van der Waals surface area contributed by atoms with E-state index in [4.69, 9.17) is 9.72 Å². The van der Waals surface area contributed by atoms with E-state index in [1.54, 1.807) is 12.1 Å². The first kappa shape index (κ1) is 16.1. The lowest BCUT2D eigenvalue weighted by Gasteiger charge is -2.18. The number of aryl methyl sites for hydroxylation is 1. The van der Waals surface area contributed by atoms with E-state index in [1.165, 1.54) is 0 Å². The molecule has 3 aromatic carbocycles. The van der Waals surface area contributed by atoms with E-state index in [1.807, 2.05) is 84.4 Å². The third-order valence-electron chi connectivity index (χ3n) is 4.39. The van der Waals surface area contributed by atoms with Crippen molar-refractivity contribution >= 4 is 17.0 Å². The quantitative estimate of drug-likeness (QED) is 0.512. The molecule has 1 unspecified atom stereocenters. The van der Waals surface area contributed by atoms with E-state index < -0.39 is 6.10 Å². The minimum atomic E-state index is -0.582. The zero-order valence-corrected chi connectivity index (χ0v) is 14.4. The fourth-order valence-electron chi connectivity index (χ4n) is 3.05. The molecule has 4 rings (SSSR count). The highest BCUT2D eigenvalue weighted by Crippen LogP contribution is 2.29. The maximum Gasteiger partial charge on any atom is 0.339 e. The number of carbonyl (C=O) groups is 1. The van der Waals surface area contributed by atoms with Gasteiger partial charge in [0.15, 0.2) is 11.9 Å². The van der Waals surface area contributed by atoms with Crippen molar-refractivity contribution in [1.82, 2.24) is 9.55 Å².